The van der Waals surface area contributed by atoms with Gasteiger partial charge in [0.2, 0.25) is 5.91 Å². The fraction of sp³-hybridized carbons (Fsp3) is 0.267. The minimum atomic E-state index is -4.58. The number of hydrogen-bond donors (Lipinski definition) is 2. The van der Waals surface area contributed by atoms with Gasteiger partial charge in [0.15, 0.2) is 0 Å². The number of amides is 1. The van der Waals surface area contributed by atoms with Gasteiger partial charge in [-0.1, -0.05) is 11.6 Å². The number of furan rings is 1. The highest BCUT2D eigenvalue weighted by Crippen LogP contribution is 2.36. The zero-order valence-electron chi connectivity index (χ0n) is 12.1. The number of benzene rings is 1. The van der Waals surface area contributed by atoms with Crippen molar-refractivity contribution in [2.24, 2.45) is 0 Å². The Labute approximate surface area is 135 Å². The third-order valence-electron chi connectivity index (χ3n) is 3.09. The lowest BCUT2D eigenvalue weighted by Crippen LogP contribution is -2.30. The van der Waals surface area contributed by atoms with Gasteiger partial charge in [-0.2, -0.15) is 13.2 Å². The molecule has 2 rings (SSSR count). The molecule has 8 heteroatoms. The summed E-state index contributed by atoms with van der Waals surface area (Å²) in [5, 5.41) is 4.88. The Bertz CT molecular complexity index is 672. The van der Waals surface area contributed by atoms with Crippen LogP contribution in [0.1, 0.15) is 24.3 Å². The molecule has 0 spiro atoms. The first-order valence-electron chi connectivity index (χ1n) is 6.71. The lowest BCUT2D eigenvalue weighted by molar-refractivity contribution is -0.137. The Morgan fingerprint density at radius 3 is 2.70 bits per heavy atom. The van der Waals surface area contributed by atoms with Gasteiger partial charge >= 0.3 is 6.18 Å². The van der Waals surface area contributed by atoms with Gasteiger partial charge < -0.3 is 9.73 Å². The molecule has 0 aliphatic carbocycles. The predicted molar refractivity (Wildman–Crippen MR) is 80.2 cm³/mol. The summed E-state index contributed by atoms with van der Waals surface area (Å²) in [6, 6.07) is 6.48. The van der Waals surface area contributed by atoms with E-state index >= 15 is 0 Å². The predicted octanol–water partition coefficient (Wildman–Crippen LogP) is 4.24. The molecule has 1 atom stereocenters. The highest BCUT2D eigenvalue weighted by Gasteiger charge is 2.33. The zero-order chi connectivity index (χ0) is 17.0. The third kappa shape index (κ3) is 4.74. The van der Waals surface area contributed by atoms with E-state index in [0.29, 0.717) is 5.76 Å². The van der Waals surface area contributed by atoms with Crippen LogP contribution < -0.4 is 10.6 Å². The summed E-state index contributed by atoms with van der Waals surface area (Å²) in [5.41, 5.74) is -0.965. The number of hydrogen-bond acceptors (Lipinski definition) is 3. The van der Waals surface area contributed by atoms with Gasteiger partial charge in [-0.15, -0.1) is 0 Å². The molecule has 2 N–H and O–H groups in total. The minimum absolute atomic E-state index is 0.0270. The maximum Gasteiger partial charge on any atom is 0.417 e. The number of carbonyl (C=O) groups is 1. The van der Waals surface area contributed by atoms with E-state index in [0.717, 1.165) is 12.1 Å². The summed E-state index contributed by atoms with van der Waals surface area (Å²) in [4.78, 5) is 11.8. The van der Waals surface area contributed by atoms with E-state index < -0.39 is 22.7 Å². The number of rotatable bonds is 5. The highest BCUT2D eigenvalue weighted by molar-refractivity contribution is 6.31. The SMILES string of the molecule is C[C@@H](NCC(=O)Nc1ccc(Cl)c(C(F)(F)F)c1)c1ccco1. The van der Waals surface area contributed by atoms with E-state index in [2.05, 4.69) is 10.6 Å². The Kier molecular flexibility index (Phi) is 5.33. The third-order valence-corrected chi connectivity index (χ3v) is 3.42. The standard InChI is InChI=1S/C15H14ClF3N2O2/c1-9(13-3-2-6-23-13)20-8-14(22)21-10-4-5-12(16)11(7-10)15(17,18)19/h2-7,9,20H,8H2,1H3,(H,21,22)/t9-/m1/s1. The average molecular weight is 347 g/mol. The average Bonchev–Trinajstić information content (AvgIpc) is 3.00. The van der Waals surface area contributed by atoms with Crippen LogP contribution in [-0.2, 0) is 11.0 Å². The number of anilines is 1. The van der Waals surface area contributed by atoms with Crippen molar-refractivity contribution in [2.45, 2.75) is 19.1 Å². The molecule has 0 saturated heterocycles. The molecule has 0 aliphatic heterocycles. The second kappa shape index (κ2) is 7.06. The van der Waals surface area contributed by atoms with Crippen molar-refractivity contribution in [3.8, 4) is 0 Å². The van der Waals surface area contributed by atoms with Crippen LogP contribution in [0.4, 0.5) is 18.9 Å². The van der Waals surface area contributed by atoms with Crippen LogP contribution in [-0.4, -0.2) is 12.5 Å². The molecule has 23 heavy (non-hydrogen) atoms. The van der Waals surface area contributed by atoms with Crippen molar-refractivity contribution in [1.82, 2.24) is 5.32 Å². The lowest BCUT2D eigenvalue weighted by atomic mass is 10.2. The van der Waals surface area contributed by atoms with Crippen LogP contribution in [0, 0.1) is 0 Å². The fourth-order valence-corrected chi connectivity index (χ4v) is 2.13. The van der Waals surface area contributed by atoms with Crippen molar-refractivity contribution >= 4 is 23.2 Å². The van der Waals surface area contributed by atoms with E-state index in [4.69, 9.17) is 16.0 Å². The molecular formula is C15H14ClF3N2O2. The molecule has 2 aromatic rings. The molecule has 0 fully saturated rings. The molecule has 4 nitrogen and oxygen atoms in total. The molecule has 124 valence electrons. The quantitative estimate of drug-likeness (QED) is 0.851. The number of carbonyl (C=O) groups excluding carboxylic acids is 1. The Morgan fingerprint density at radius 2 is 2.09 bits per heavy atom. The monoisotopic (exact) mass is 346 g/mol. The highest BCUT2D eigenvalue weighted by atomic mass is 35.5. The normalized spacial score (nSPS) is 12.9. The number of alkyl halides is 3. The lowest BCUT2D eigenvalue weighted by Gasteiger charge is -2.13. The van der Waals surface area contributed by atoms with Crippen molar-refractivity contribution in [3.63, 3.8) is 0 Å². The molecule has 1 heterocycles. The van der Waals surface area contributed by atoms with Crippen LogP contribution in [0.2, 0.25) is 5.02 Å². The molecule has 0 aliphatic rings. The molecule has 0 saturated carbocycles. The van der Waals surface area contributed by atoms with Gasteiger partial charge in [0.25, 0.3) is 0 Å². The first-order chi connectivity index (χ1) is 10.8. The van der Waals surface area contributed by atoms with Crippen molar-refractivity contribution in [3.05, 3.63) is 52.9 Å². The van der Waals surface area contributed by atoms with Crippen LogP contribution in [0.5, 0.6) is 0 Å². The maximum atomic E-state index is 12.8. The van der Waals surface area contributed by atoms with Crippen LogP contribution in [0.3, 0.4) is 0 Å². The smallest absolute Gasteiger partial charge is 0.417 e. The van der Waals surface area contributed by atoms with Crippen LogP contribution in [0.25, 0.3) is 0 Å². The Hall–Kier alpha value is -1.99. The van der Waals surface area contributed by atoms with Gasteiger partial charge in [-0.05, 0) is 37.3 Å². The molecule has 1 aromatic heterocycles. The van der Waals surface area contributed by atoms with E-state index in [-0.39, 0.29) is 18.3 Å². The summed E-state index contributed by atoms with van der Waals surface area (Å²) in [6.07, 6.45) is -3.07. The fourth-order valence-electron chi connectivity index (χ4n) is 1.91. The summed E-state index contributed by atoms with van der Waals surface area (Å²) in [6.45, 7) is 1.72. The van der Waals surface area contributed by atoms with Crippen molar-refractivity contribution in [1.29, 1.82) is 0 Å². The van der Waals surface area contributed by atoms with Crippen LogP contribution >= 0.6 is 11.6 Å². The molecule has 0 bridgehead atoms. The van der Waals surface area contributed by atoms with Crippen molar-refractivity contribution in [2.75, 3.05) is 11.9 Å². The first-order valence-corrected chi connectivity index (χ1v) is 7.08. The van der Waals surface area contributed by atoms with Gasteiger partial charge in [0.1, 0.15) is 5.76 Å². The maximum absolute atomic E-state index is 12.8. The molecule has 0 radical (unpaired) electrons. The van der Waals surface area contributed by atoms with Gasteiger partial charge in [-0.3, -0.25) is 10.1 Å². The number of nitrogens with one attached hydrogen (secondary N) is 2. The summed E-state index contributed by atoms with van der Waals surface area (Å²) >= 11 is 5.52. The molecule has 1 amide bonds. The van der Waals surface area contributed by atoms with Gasteiger partial charge in [0, 0.05) is 5.69 Å². The van der Waals surface area contributed by atoms with E-state index in [1.165, 1.54) is 12.3 Å². The molecule has 0 unspecified atom stereocenters. The second-order valence-corrected chi connectivity index (χ2v) is 5.27. The summed E-state index contributed by atoms with van der Waals surface area (Å²) in [5.74, 6) is 0.183. The minimum Gasteiger partial charge on any atom is -0.468 e. The van der Waals surface area contributed by atoms with Crippen LogP contribution in [0.15, 0.2) is 41.0 Å². The van der Waals surface area contributed by atoms with E-state index in [1.54, 1.807) is 19.1 Å². The Morgan fingerprint density at radius 1 is 1.35 bits per heavy atom. The van der Waals surface area contributed by atoms with Gasteiger partial charge in [-0.25, -0.2) is 0 Å². The Balaban J connectivity index is 1.95. The number of halogens is 4. The second-order valence-electron chi connectivity index (χ2n) is 4.86. The topological polar surface area (TPSA) is 54.3 Å². The summed E-state index contributed by atoms with van der Waals surface area (Å²) < 4.78 is 43.5. The zero-order valence-corrected chi connectivity index (χ0v) is 12.8. The first kappa shape index (κ1) is 17.4. The summed E-state index contributed by atoms with van der Waals surface area (Å²) in [7, 11) is 0. The van der Waals surface area contributed by atoms with Gasteiger partial charge in [0.05, 0.1) is 29.4 Å². The van der Waals surface area contributed by atoms with E-state index in [9.17, 15) is 18.0 Å². The largest absolute Gasteiger partial charge is 0.468 e. The van der Waals surface area contributed by atoms with E-state index in [1.807, 2.05) is 0 Å². The molecular weight excluding hydrogens is 333 g/mol. The van der Waals surface area contributed by atoms with Crippen molar-refractivity contribution < 1.29 is 22.4 Å². The molecule has 1 aromatic carbocycles.